The molecule has 0 aliphatic rings. The van der Waals surface area contributed by atoms with Crippen molar-refractivity contribution in [2.24, 2.45) is 0 Å². The van der Waals surface area contributed by atoms with Gasteiger partial charge in [0.25, 0.3) is 5.69 Å². The minimum atomic E-state index is -0.936. The minimum absolute atomic E-state index is 0.0164. The van der Waals surface area contributed by atoms with Crippen LogP contribution in [-0.4, -0.2) is 33.6 Å². The van der Waals surface area contributed by atoms with Gasteiger partial charge in [-0.25, -0.2) is 0 Å². The fourth-order valence-corrected chi connectivity index (χ4v) is 4.43. The molecular formula is C27H26BrN3O6. The maximum atomic E-state index is 12.0. The van der Waals surface area contributed by atoms with Gasteiger partial charge in [-0.05, 0) is 53.9 Å². The number of hydrogen-bond donors (Lipinski definition) is 3. The highest BCUT2D eigenvalue weighted by molar-refractivity contribution is 9.10. The van der Waals surface area contributed by atoms with E-state index in [1.807, 2.05) is 43.5 Å². The van der Waals surface area contributed by atoms with Crippen LogP contribution in [0.3, 0.4) is 0 Å². The number of aromatic nitrogens is 1. The monoisotopic (exact) mass is 567 g/mol. The topological polar surface area (TPSA) is 127 Å². The summed E-state index contributed by atoms with van der Waals surface area (Å²) in [5.74, 6) is 0.0896. The summed E-state index contributed by atoms with van der Waals surface area (Å²) < 4.78 is 12.5. The third-order valence-electron chi connectivity index (χ3n) is 5.89. The zero-order valence-electron chi connectivity index (χ0n) is 20.1. The average molecular weight is 568 g/mol. The third-order valence-corrected chi connectivity index (χ3v) is 6.63. The van der Waals surface area contributed by atoms with E-state index in [4.69, 9.17) is 9.47 Å². The van der Waals surface area contributed by atoms with Crippen LogP contribution in [0.15, 0.2) is 71.3 Å². The lowest BCUT2D eigenvalue weighted by atomic mass is 10.0. The van der Waals surface area contributed by atoms with E-state index in [1.54, 1.807) is 18.2 Å². The fraction of sp³-hybridized carbons (Fsp3) is 0.222. The summed E-state index contributed by atoms with van der Waals surface area (Å²) >= 11 is 3.56. The Bertz CT molecular complexity index is 1400. The first kappa shape index (κ1) is 26.2. The Morgan fingerprint density at radius 2 is 1.84 bits per heavy atom. The van der Waals surface area contributed by atoms with Crippen molar-refractivity contribution in [2.45, 2.75) is 32.5 Å². The van der Waals surface area contributed by atoms with Crippen molar-refractivity contribution in [3.05, 3.63) is 98.1 Å². The highest BCUT2D eigenvalue weighted by Crippen LogP contribution is 2.34. The van der Waals surface area contributed by atoms with Gasteiger partial charge in [0.15, 0.2) is 11.5 Å². The van der Waals surface area contributed by atoms with Crippen molar-refractivity contribution in [3.8, 4) is 11.5 Å². The van der Waals surface area contributed by atoms with Gasteiger partial charge in [0, 0.05) is 46.7 Å². The van der Waals surface area contributed by atoms with Crippen LogP contribution >= 0.6 is 15.9 Å². The van der Waals surface area contributed by atoms with Crippen LogP contribution in [0.25, 0.3) is 10.9 Å². The number of nitro benzene ring substituents is 1. The lowest BCUT2D eigenvalue weighted by Gasteiger charge is -2.18. The quantitative estimate of drug-likeness (QED) is 0.150. The number of fused-ring (bicyclic) bond motifs is 1. The molecule has 4 aromatic rings. The molecule has 192 valence electrons. The van der Waals surface area contributed by atoms with Crippen LogP contribution in [0.5, 0.6) is 11.5 Å². The Morgan fingerprint density at radius 3 is 2.54 bits per heavy atom. The van der Waals surface area contributed by atoms with Crippen molar-refractivity contribution in [2.75, 3.05) is 6.61 Å². The summed E-state index contributed by atoms with van der Waals surface area (Å²) in [6, 6.07) is 16.8. The number of nitrogens with zero attached hydrogens (tertiary/aromatic N) is 1. The number of nitro groups is 1. The van der Waals surface area contributed by atoms with Gasteiger partial charge in [0.05, 0.1) is 11.5 Å². The van der Waals surface area contributed by atoms with E-state index >= 15 is 0 Å². The molecule has 10 heteroatoms. The maximum absolute atomic E-state index is 12.0. The van der Waals surface area contributed by atoms with Crippen molar-refractivity contribution in [1.82, 2.24) is 10.3 Å². The number of rotatable bonds is 12. The molecule has 3 aromatic carbocycles. The molecule has 1 heterocycles. The minimum Gasteiger partial charge on any atom is -0.490 e. The Labute approximate surface area is 221 Å². The lowest BCUT2D eigenvalue weighted by Crippen LogP contribution is -2.38. The molecule has 0 amide bonds. The number of nitrogens with one attached hydrogen (secondary N) is 2. The normalized spacial score (nSPS) is 11.8. The standard InChI is InChI=1S/C27H26BrN3O6/c1-2-36-25-12-19(22(28)13-26(25)37-16-17-7-9-20(10-8-17)31(34)35)15-30-24(27(32)33)11-18-14-29-23-6-4-3-5-21(18)23/h3-10,12-14,24,29-30H,2,11,15-16H2,1H3,(H,32,33). The molecular weight excluding hydrogens is 542 g/mol. The Kier molecular flexibility index (Phi) is 8.42. The molecule has 1 unspecified atom stereocenters. The molecule has 1 atom stereocenters. The molecule has 0 saturated carbocycles. The zero-order chi connectivity index (χ0) is 26.4. The van der Waals surface area contributed by atoms with Crippen LogP contribution in [0.1, 0.15) is 23.6 Å². The number of aromatic amines is 1. The predicted octanol–water partition coefficient (Wildman–Crippen LogP) is 5.60. The van der Waals surface area contributed by atoms with Gasteiger partial charge in [-0.1, -0.05) is 34.1 Å². The maximum Gasteiger partial charge on any atom is 0.321 e. The van der Waals surface area contributed by atoms with Crippen molar-refractivity contribution in [1.29, 1.82) is 0 Å². The number of H-pyrrole nitrogens is 1. The number of para-hydroxylation sites is 1. The van der Waals surface area contributed by atoms with E-state index in [1.165, 1.54) is 12.1 Å². The van der Waals surface area contributed by atoms with Crippen LogP contribution < -0.4 is 14.8 Å². The van der Waals surface area contributed by atoms with Gasteiger partial charge in [-0.15, -0.1) is 0 Å². The number of carboxylic acids is 1. The molecule has 4 rings (SSSR count). The number of hydrogen-bond acceptors (Lipinski definition) is 6. The Balaban J connectivity index is 1.46. The van der Waals surface area contributed by atoms with E-state index in [9.17, 15) is 20.0 Å². The average Bonchev–Trinajstić information content (AvgIpc) is 3.30. The molecule has 3 N–H and O–H groups in total. The highest BCUT2D eigenvalue weighted by atomic mass is 79.9. The van der Waals surface area contributed by atoms with E-state index in [-0.39, 0.29) is 12.3 Å². The molecule has 0 radical (unpaired) electrons. The first-order valence-corrected chi connectivity index (χ1v) is 12.5. The second kappa shape index (κ2) is 11.9. The van der Waals surface area contributed by atoms with E-state index in [2.05, 4.69) is 26.2 Å². The van der Waals surface area contributed by atoms with E-state index in [0.717, 1.165) is 32.1 Å². The van der Waals surface area contributed by atoms with Gasteiger partial charge < -0.3 is 19.6 Å². The van der Waals surface area contributed by atoms with Crippen LogP contribution in [0, 0.1) is 10.1 Å². The van der Waals surface area contributed by atoms with Crippen molar-refractivity contribution >= 4 is 38.5 Å². The summed E-state index contributed by atoms with van der Waals surface area (Å²) in [5, 5.41) is 24.8. The zero-order valence-corrected chi connectivity index (χ0v) is 21.7. The van der Waals surface area contributed by atoms with Gasteiger partial charge in [0.1, 0.15) is 12.6 Å². The number of carboxylic acid groups (broad SMARTS) is 1. The molecule has 37 heavy (non-hydrogen) atoms. The Morgan fingerprint density at radius 1 is 1.11 bits per heavy atom. The van der Waals surface area contributed by atoms with Gasteiger partial charge >= 0.3 is 5.97 Å². The summed E-state index contributed by atoms with van der Waals surface area (Å²) in [4.78, 5) is 25.6. The van der Waals surface area contributed by atoms with Gasteiger partial charge in [-0.2, -0.15) is 0 Å². The molecule has 9 nitrogen and oxygen atoms in total. The first-order chi connectivity index (χ1) is 17.9. The number of ether oxygens (including phenoxy) is 2. The van der Waals surface area contributed by atoms with Crippen LogP contribution in [0.2, 0.25) is 0 Å². The fourth-order valence-electron chi connectivity index (χ4n) is 3.97. The predicted molar refractivity (Wildman–Crippen MR) is 143 cm³/mol. The number of aliphatic carboxylic acids is 1. The summed E-state index contributed by atoms with van der Waals surface area (Å²) in [5.41, 5.74) is 3.50. The first-order valence-electron chi connectivity index (χ1n) is 11.7. The Hall–Kier alpha value is -3.89. The molecule has 0 bridgehead atoms. The van der Waals surface area contributed by atoms with Gasteiger partial charge in [0.2, 0.25) is 0 Å². The summed E-state index contributed by atoms with van der Waals surface area (Å²) in [6.07, 6.45) is 2.17. The smallest absolute Gasteiger partial charge is 0.321 e. The van der Waals surface area contributed by atoms with Crippen LogP contribution in [-0.2, 0) is 24.4 Å². The number of halogens is 1. The third kappa shape index (κ3) is 6.46. The molecule has 0 aliphatic carbocycles. The lowest BCUT2D eigenvalue weighted by molar-refractivity contribution is -0.384. The molecule has 0 fully saturated rings. The molecule has 1 aromatic heterocycles. The van der Waals surface area contributed by atoms with Crippen LogP contribution in [0.4, 0.5) is 5.69 Å². The van der Waals surface area contributed by atoms with Gasteiger partial charge in [-0.3, -0.25) is 20.2 Å². The summed E-state index contributed by atoms with van der Waals surface area (Å²) in [6.45, 7) is 2.78. The SMILES string of the molecule is CCOc1cc(CNC(Cc2c[nH]c3ccccc23)C(=O)O)c(Br)cc1OCc1ccc([N+](=O)[O-])cc1. The molecule has 0 saturated heterocycles. The molecule has 0 spiro atoms. The van der Waals surface area contributed by atoms with E-state index < -0.39 is 16.9 Å². The van der Waals surface area contributed by atoms with E-state index in [0.29, 0.717) is 31.1 Å². The second-order valence-electron chi connectivity index (χ2n) is 8.37. The largest absolute Gasteiger partial charge is 0.490 e. The molecule has 0 aliphatic heterocycles. The number of benzene rings is 3. The highest BCUT2D eigenvalue weighted by Gasteiger charge is 2.20. The van der Waals surface area contributed by atoms with Crippen molar-refractivity contribution < 1.29 is 24.3 Å². The second-order valence-corrected chi connectivity index (χ2v) is 9.23. The number of non-ortho nitro benzene ring substituents is 1. The number of carbonyl (C=O) groups is 1. The van der Waals surface area contributed by atoms with Crippen molar-refractivity contribution in [3.63, 3.8) is 0 Å². The summed E-state index contributed by atoms with van der Waals surface area (Å²) in [7, 11) is 0.